The van der Waals surface area contributed by atoms with Gasteiger partial charge in [0.25, 0.3) is 0 Å². The second-order valence-corrected chi connectivity index (χ2v) is 5.06. The Bertz CT molecular complexity index is 264. The highest BCUT2D eigenvalue weighted by molar-refractivity contribution is 5.17. The van der Waals surface area contributed by atoms with Crippen molar-refractivity contribution in [1.82, 2.24) is 4.90 Å². The Balaban J connectivity index is 1.78. The van der Waals surface area contributed by atoms with Crippen LogP contribution >= 0.6 is 0 Å². The molecule has 1 saturated carbocycles. The fourth-order valence-corrected chi connectivity index (χ4v) is 2.20. The first-order valence-electron chi connectivity index (χ1n) is 6.13. The van der Waals surface area contributed by atoms with Crippen LogP contribution in [0, 0.1) is 17.8 Å². The molecule has 0 amide bonds. The lowest BCUT2D eigenvalue weighted by atomic mass is 10.0. The van der Waals surface area contributed by atoms with Gasteiger partial charge in [0, 0.05) is 0 Å². The second-order valence-electron chi connectivity index (χ2n) is 5.06. The van der Waals surface area contributed by atoms with Gasteiger partial charge >= 0.3 is 0 Å². The van der Waals surface area contributed by atoms with Crippen molar-refractivity contribution >= 4 is 0 Å². The van der Waals surface area contributed by atoms with Crippen molar-refractivity contribution in [3.05, 3.63) is 0 Å². The summed E-state index contributed by atoms with van der Waals surface area (Å²) >= 11 is 0. The van der Waals surface area contributed by atoms with Crippen molar-refractivity contribution in [2.24, 2.45) is 5.92 Å². The molecule has 2 heteroatoms. The number of piperidine rings is 1. The van der Waals surface area contributed by atoms with Crippen LogP contribution in [0.15, 0.2) is 0 Å². The van der Waals surface area contributed by atoms with Gasteiger partial charge in [-0.3, -0.25) is 4.90 Å². The summed E-state index contributed by atoms with van der Waals surface area (Å²) in [5, 5.41) is 9.99. The zero-order valence-electron chi connectivity index (χ0n) is 9.63. The normalized spacial score (nSPS) is 26.5. The van der Waals surface area contributed by atoms with Crippen LogP contribution < -0.4 is 0 Å². The van der Waals surface area contributed by atoms with E-state index in [-0.39, 0.29) is 0 Å². The molecule has 1 aliphatic heterocycles. The average molecular weight is 207 g/mol. The molecule has 1 aliphatic carbocycles. The van der Waals surface area contributed by atoms with E-state index in [2.05, 4.69) is 16.7 Å². The lowest BCUT2D eigenvalue weighted by molar-refractivity contribution is 0.0978. The standard InChI is InChI=1S/C13H21NO/c1-13(15,12-6-7-12)8-5-11-14-9-3-2-4-10-14/h12,15H,2-4,6-7,9-11H2,1H3/t13-/m0/s1. The SMILES string of the molecule is C[C@](O)(C#CCN1CCCCC1)C1CC1. The topological polar surface area (TPSA) is 23.5 Å². The minimum atomic E-state index is -0.726. The molecular formula is C13H21NO. The van der Waals surface area contributed by atoms with Crippen molar-refractivity contribution in [1.29, 1.82) is 0 Å². The molecule has 0 aromatic heterocycles. The van der Waals surface area contributed by atoms with Gasteiger partial charge in [0.05, 0.1) is 6.54 Å². The van der Waals surface area contributed by atoms with Gasteiger partial charge in [-0.1, -0.05) is 18.3 Å². The van der Waals surface area contributed by atoms with Gasteiger partial charge in [-0.15, -0.1) is 0 Å². The quantitative estimate of drug-likeness (QED) is 0.696. The lowest BCUT2D eigenvalue weighted by Crippen LogP contribution is -2.30. The minimum absolute atomic E-state index is 0.436. The van der Waals surface area contributed by atoms with Gasteiger partial charge in [-0.25, -0.2) is 0 Å². The predicted molar refractivity (Wildman–Crippen MR) is 61.4 cm³/mol. The molecule has 0 spiro atoms. The Hall–Kier alpha value is -0.520. The molecule has 0 unspecified atom stereocenters. The third-order valence-corrected chi connectivity index (χ3v) is 3.47. The fraction of sp³-hybridized carbons (Fsp3) is 0.846. The van der Waals surface area contributed by atoms with E-state index in [1.807, 2.05) is 6.92 Å². The first kappa shape index (κ1) is 11.0. The summed E-state index contributed by atoms with van der Waals surface area (Å²) in [4.78, 5) is 2.39. The number of nitrogens with zero attached hydrogens (tertiary/aromatic N) is 1. The van der Waals surface area contributed by atoms with Crippen LogP contribution in [0.4, 0.5) is 0 Å². The maximum Gasteiger partial charge on any atom is 0.125 e. The molecule has 84 valence electrons. The van der Waals surface area contributed by atoms with Crippen LogP contribution in [0.3, 0.4) is 0 Å². The highest BCUT2D eigenvalue weighted by Gasteiger charge is 2.38. The summed E-state index contributed by atoms with van der Waals surface area (Å²) in [6, 6.07) is 0. The highest BCUT2D eigenvalue weighted by atomic mass is 16.3. The summed E-state index contributed by atoms with van der Waals surface area (Å²) in [6.07, 6.45) is 6.27. The van der Waals surface area contributed by atoms with Gasteiger partial charge in [0.2, 0.25) is 0 Å². The molecule has 0 aromatic carbocycles. The zero-order valence-corrected chi connectivity index (χ0v) is 9.63. The van der Waals surface area contributed by atoms with Crippen LogP contribution in [0.25, 0.3) is 0 Å². The van der Waals surface area contributed by atoms with E-state index in [4.69, 9.17) is 0 Å². The van der Waals surface area contributed by atoms with Crippen molar-refractivity contribution in [2.45, 2.75) is 44.6 Å². The number of likely N-dealkylation sites (tertiary alicyclic amines) is 1. The van der Waals surface area contributed by atoms with Crippen molar-refractivity contribution < 1.29 is 5.11 Å². The molecule has 1 heterocycles. The summed E-state index contributed by atoms with van der Waals surface area (Å²) in [7, 11) is 0. The molecular weight excluding hydrogens is 186 g/mol. The average Bonchev–Trinajstić information content (AvgIpc) is 3.02. The molecule has 0 aromatic rings. The maximum absolute atomic E-state index is 9.99. The van der Waals surface area contributed by atoms with E-state index in [9.17, 15) is 5.11 Å². The van der Waals surface area contributed by atoms with Crippen LogP contribution in [0.1, 0.15) is 39.0 Å². The third-order valence-electron chi connectivity index (χ3n) is 3.47. The molecule has 2 nitrogen and oxygen atoms in total. The van der Waals surface area contributed by atoms with E-state index in [1.54, 1.807) is 0 Å². The summed E-state index contributed by atoms with van der Waals surface area (Å²) in [6.45, 7) is 5.05. The molecule has 1 saturated heterocycles. The van der Waals surface area contributed by atoms with Gasteiger partial charge < -0.3 is 5.11 Å². The second kappa shape index (κ2) is 4.55. The van der Waals surface area contributed by atoms with E-state index in [0.29, 0.717) is 5.92 Å². The Morgan fingerprint density at radius 3 is 2.53 bits per heavy atom. The molecule has 0 bridgehead atoms. The molecule has 2 aliphatic rings. The minimum Gasteiger partial charge on any atom is -0.378 e. The van der Waals surface area contributed by atoms with E-state index < -0.39 is 5.60 Å². The van der Waals surface area contributed by atoms with Gasteiger partial charge in [-0.05, 0) is 51.6 Å². The highest BCUT2D eigenvalue weighted by Crippen LogP contribution is 2.38. The molecule has 2 fully saturated rings. The summed E-state index contributed by atoms with van der Waals surface area (Å²) < 4.78 is 0. The van der Waals surface area contributed by atoms with Crippen LogP contribution in [0.5, 0.6) is 0 Å². The van der Waals surface area contributed by atoms with Crippen LogP contribution in [-0.2, 0) is 0 Å². The van der Waals surface area contributed by atoms with Gasteiger partial charge in [0.1, 0.15) is 5.60 Å². The number of hydrogen-bond donors (Lipinski definition) is 1. The van der Waals surface area contributed by atoms with E-state index in [0.717, 1.165) is 19.4 Å². The largest absolute Gasteiger partial charge is 0.378 e. The number of rotatable bonds is 2. The van der Waals surface area contributed by atoms with Crippen LogP contribution in [-0.4, -0.2) is 35.2 Å². The molecule has 15 heavy (non-hydrogen) atoms. The van der Waals surface area contributed by atoms with Crippen molar-refractivity contribution in [2.75, 3.05) is 19.6 Å². The van der Waals surface area contributed by atoms with E-state index >= 15 is 0 Å². The molecule has 0 radical (unpaired) electrons. The maximum atomic E-state index is 9.99. The summed E-state index contributed by atoms with van der Waals surface area (Å²) in [5.41, 5.74) is -0.726. The Morgan fingerprint density at radius 2 is 1.93 bits per heavy atom. The lowest BCUT2D eigenvalue weighted by Gasteiger charge is -2.24. The summed E-state index contributed by atoms with van der Waals surface area (Å²) in [5.74, 6) is 6.61. The van der Waals surface area contributed by atoms with Crippen molar-refractivity contribution in [3.8, 4) is 11.8 Å². The third kappa shape index (κ3) is 3.22. The first-order valence-corrected chi connectivity index (χ1v) is 6.13. The Morgan fingerprint density at radius 1 is 1.27 bits per heavy atom. The van der Waals surface area contributed by atoms with Crippen molar-refractivity contribution in [3.63, 3.8) is 0 Å². The smallest absolute Gasteiger partial charge is 0.125 e. The predicted octanol–water partition coefficient (Wildman–Crippen LogP) is 1.64. The van der Waals surface area contributed by atoms with E-state index in [1.165, 1.54) is 32.4 Å². The zero-order chi connectivity index (χ0) is 10.7. The van der Waals surface area contributed by atoms with Crippen LogP contribution in [0.2, 0.25) is 0 Å². The van der Waals surface area contributed by atoms with Gasteiger partial charge in [0.15, 0.2) is 0 Å². The molecule has 2 rings (SSSR count). The Labute approximate surface area is 92.7 Å². The number of hydrogen-bond acceptors (Lipinski definition) is 2. The molecule has 1 atom stereocenters. The monoisotopic (exact) mass is 207 g/mol. The molecule has 1 N–H and O–H groups in total. The van der Waals surface area contributed by atoms with Gasteiger partial charge in [-0.2, -0.15) is 0 Å². The fourth-order valence-electron chi connectivity index (χ4n) is 2.20. The number of aliphatic hydroxyl groups is 1. The Kier molecular flexibility index (Phi) is 3.33. The first-order chi connectivity index (χ1) is 7.18.